The average Bonchev–Trinajstić information content (AvgIpc) is 3.50. The van der Waals surface area contributed by atoms with Crippen molar-refractivity contribution in [3.63, 3.8) is 0 Å². The number of aliphatic carboxylic acids is 1. The molecule has 3 amide bonds. The van der Waals surface area contributed by atoms with Gasteiger partial charge in [0.05, 0.1) is 6.20 Å². The zero-order valence-corrected chi connectivity index (χ0v) is 21.1. The maximum absolute atomic E-state index is 13.1. The first kappa shape index (κ1) is 25.2. The lowest BCUT2D eigenvalue weighted by Crippen LogP contribution is -2.71. The molecule has 2 atom stereocenters. The summed E-state index contributed by atoms with van der Waals surface area (Å²) < 4.78 is 3.80. The molecule has 38 heavy (non-hydrogen) atoms. The van der Waals surface area contributed by atoms with Crippen LogP contribution in [-0.4, -0.2) is 72.6 Å². The number of hydrogen-bond donors (Lipinski definition) is 4. The molecule has 0 radical (unpaired) electrons. The van der Waals surface area contributed by atoms with Gasteiger partial charge in [0.2, 0.25) is 0 Å². The maximum Gasteiger partial charge on any atom is 0.352 e. The predicted octanol–water partition coefficient (Wildman–Crippen LogP) is -1.09. The van der Waals surface area contributed by atoms with Gasteiger partial charge in [-0.1, -0.05) is 11.2 Å². The number of rotatable bonds is 9. The van der Waals surface area contributed by atoms with E-state index < -0.39 is 41.7 Å². The van der Waals surface area contributed by atoms with E-state index in [0.717, 1.165) is 17.0 Å². The first-order chi connectivity index (χ1) is 18.2. The molecule has 0 spiro atoms. The van der Waals surface area contributed by atoms with Gasteiger partial charge in [-0.05, 0) is 6.07 Å². The Morgan fingerprint density at radius 3 is 2.84 bits per heavy atom. The van der Waals surface area contributed by atoms with Crippen LogP contribution in [0.1, 0.15) is 5.69 Å². The number of thioether (sulfide) groups is 1. The van der Waals surface area contributed by atoms with E-state index in [1.165, 1.54) is 22.0 Å². The van der Waals surface area contributed by atoms with E-state index >= 15 is 0 Å². The molecule has 0 unspecified atom stereocenters. The monoisotopic (exact) mass is 557 g/mol. The van der Waals surface area contributed by atoms with Gasteiger partial charge in [0, 0.05) is 22.8 Å². The number of imidazole rings is 1. The number of aromatic nitrogens is 3. The number of nitrogen functional groups attached to an aromatic ring is 1. The standard InChI is InChI=1S/C22H20N8O6S2/c23-13(31)8-36-27-15(12-10-38-22(24)25-12)18(32)26-16-19(33)30-17(21(34)35)11(9-37-20(16)30)7-29-6-5-28-4-2-1-3-14(28)29/h1-6,10,16,20H,7-9H2,(H5-,23,24,25,26,31,32,34,35)/p+1/b27-15-/t16-,20-/m1/s1. The van der Waals surface area contributed by atoms with Crippen LogP contribution in [0, 0.1) is 0 Å². The maximum atomic E-state index is 13.1. The Hall–Kier alpha value is -4.44. The van der Waals surface area contributed by atoms with Crippen molar-refractivity contribution >= 4 is 63.3 Å². The normalized spacial score (nSPS) is 19.2. The van der Waals surface area contributed by atoms with E-state index in [0.29, 0.717) is 11.3 Å². The van der Waals surface area contributed by atoms with Crippen molar-refractivity contribution in [1.29, 1.82) is 0 Å². The summed E-state index contributed by atoms with van der Waals surface area (Å²) in [7, 11) is 0. The molecule has 3 aromatic rings. The molecule has 14 nitrogen and oxygen atoms in total. The smallest absolute Gasteiger partial charge is 0.352 e. The second kappa shape index (κ2) is 10.1. The van der Waals surface area contributed by atoms with E-state index in [1.54, 1.807) is 0 Å². The minimum absolute atomic E-state index is 0.0830. The summed E-state index contributed by atoms with van der Waals surface area (Å²) in [6, 6.07) is 4.66. The molecule has 0 bridgehead atoms. The number of primary amides is 1. The molecule has 2 aliphatic rings. The zero-order chi connectivity index (χ0) is 27.0. The number of nitrogens with two attached hydrogens (primary N) is 2. The van der Waals surface area contributed by atoms with Crippen molar-refractivity contribution in [2.45, 2.75) is 18.0 Å². The molecule has 16 heteroatoms. The Labute approximate surface area is 222 Å². The van der Waals surface area contributed by atoms with Gasteiger partial charge in [0.1, 0.15) is 41.7 Å². The lowest BCUT2D eigenvalue weighted by atomic mass is 10.0. The van der Waals surface area contributed by atoms with Gasteiger partial charge in [-0.3, -0.25) is 19.3 Å². The number of anilines is 1. The van der Waals surface area contributed by atoms with Gasteiger partial charge in [-0.15, -0.1) is 23.1 Å². The quantitative estimate of drug-likeness (QED) is 0.109. The topological polar surface area (TPSA) is 199 Å². The molecule has 0 aromatic carbocycles. The molecule has 196 valence electrons. The number of oxime groups is 1. The second-order valence-corrected chi connectivity index (χ2v) is 10.3. The molecule has 0 aliphatic carbocycles. The zero-order valence-electron chi connectivity index (χ0n) is 19.5. The average molecular weight is 558 g/mol. The number of amides is 3. The van der Waals surface area contributed by atoms with E-state index in [9.17, 15) is 24.3 Å². The Balaban J connectivity index is 1.36. The van der Waals surface area contributed by atoms with E-state index in [2.05, 4.69) is 15.5 Å². The molecule has 5 rings (SSSR count). The van der Waals surface area contributed by atoms with Gasteiger partial charge >= 0.3 is 5.97 Å². The number of nitrogens with zero attached hydrogens (tertiary/aromatic N) is 5. The molecule has 0 saturated carbocycles. The number of carbonyl (C=O) groups excluding carboxylic acids is 3. The van der Waals surface area contributed by atoms with E-state index in [1.807, 2.05) is 45.8 Å². The van der Waals surface area contributed by atoms with Crippen LogP contribution < -0.4 is 21.4 Å². The molecule has 5 heterocycles. The molecule has 3 aromatic heterocycles. The van der Waals surface area contributed by atoms with Crippen LogP contribution in [0.5, 0.6) is 0 Å². The van der Waals surface area contributed by atoms with Gasteiger partial charge in [0.25, 0.3) is 23.4 Å². The fraction of sp³-hybridized carbons (Fsp3) is 0.227. The fourth-order valence-corrected chi connectivity index (χ4v) is 6.04. The first-order valence-electron chi connectivity index (χ1n) is 11.1. The first-order valence-corrected chi connectivity index (χ1v) is 13.0. The number of hydrogen-bond acceptors (Lipinski definition) is 10. The lowest BCUT2D eigenvalue weighted by Gasteiger charge is -2.49. The van der Waals surface area contributed by atoms with Crippen molar-refractivity contribution in [2.75, 3.05) is 18.1 Å². The summed E-state index contributed by atoms with van der Waals surface area (Å²) in [6.07, 6.45) is 5.58. The van der Waals surface area contributed by atoms with Crippen molar-refractivity contribution < 1.29 is 33.7 Å². The van der Waals surface area contributed by atoms with Crippen molar-refractivity contribution in [3.8, 4) is 0 Å². The number of nitrogens with one attached hydrogen (secondary N) is 1. The molecular formula is C22H21N8O6S2+. The van der Waals surface area contributed by atoms with Crippen molar-refractivity contribution in [3.05, 3.63) is 59.1 Å². The highest BCUT2D eigenvalue weighted by Crippen LogP contribution is 2.40. The van der Waals surface area contributed by atoms with Gasteiger partial charge in [-0.2, -0.15) is 0 Å². The van der Waals surface area contributed by atoms with Crippen LogP contribution in [0.2, 0.25) is 0 Å². The minimum Gasteiger partial charge on any atom is -0.477 e. The van der Waals surface area contributed by atoms with Crippen molar-refractivity contribution in [1.82, 2.24) is 19.6 Å². The van der Waals surface area contributed by atoms with Crippen LogP contribution in [0.3, 0.4) is 0 Å². The number of carboxylic acid groups (broad SMARTS) is 1. The molecule has 1 fully saturated rings. The number of pyridine rings is 1. The van der Waals surface area contributed by atoms with Crippen LogP contribution in [0.4, 0.5) is 5.13 Å². The summed E-state index contributed by atoms with van der Waals surface area (Å²) in [6.45, 7) is -0.294. The molecule has 1 saturated heterocycles. The van der Waals surface area contributed by atoms with Gasteiger partial charge in [0.15, 0.2) is 17.5 Å². The van der Waals surface area contributed by atoms with Gasteiger partial charge in [-0.25, -0.2) is 18.7 Å². The van der Waals surface area contributed by atoms with Gasteiger partial charge < -0.3 is 26.7 Å². The van der Waals surface area contributed by atoms with Crippen LogP contribution in [-0.2, 0) is 30.6 Å². The van der Waals surface area contributed by atoms with Crippen molar-refractivity contribution in [2.24, 2.45) is 10.9 Å². The highest BCUT2D eigenvalue weighted by atomic mass is 32.2. The van der Waals surface area contributed by atoms with Crippen LogP contribution in [0.25, 0.3) is 5.65 Å². The Bertz CT molecular complexity index is 1530. The van der Waals surface area contributed by atoms with E-state index in [-0.39, 0.29) is 28.8 Å². The predicted molar refractivity (Wildman–Crippen MR) is 135 cm³/mol. The molecular weight excluding hydrogens is 536 g/mol. The number of thiazole rings is 1. The second-order valence-electron chi connectivity index (χ2n) is 8.26. The summed E-state index contributed by atoms with van der Waals surface area (Å²) in [5, 5.41) is 17.2. The SMILES string of the molecule is NC(=O)CO/N=C(\C(=O)N[C@@H]1C(=O)N2C(C(=O)O)=C(C[n+]3ccn4ccccc43)CS[C@H]12)c1csc(N)n1. The fourth-order valence-electron chi connectivity index (χ4n) is 4.16. The minimum atomic E-state index is -1.23. The summed E-state index contributed by atoms with van der Waals surface area (Å²) in [5.41, 5.74) is 11.8. The number of carboxylic acids is 1. The third-order valence-corrected chi connectivity index (χ3v) is 7.82. The Kier molecular flexibility index (Phi) is 6.73. The molecule has 6 N–H and O–H groups in total. The third kappa shape index (κ3) is 4.66. The lowest BCUT2D eigenvalue weighted by molar-refractivity contribution is -0.662. The van der Waals surface area contributed by atoms with Crippen LogP contribution >= 0.6 is 23.1 Å². The number of fused-ring (bicyclic) bond motifs is 2. The number of carbonyl (C=O) groups is 4. The third-order valence-electron chi connectivity index (χ3n) is 5.81. The summed E-state index contributed by atoms with van der Waals surface area (Å²) in [5.74, 6) is -3.07. The Morgan fingerprint density at radius 1 is 1.32 bits per heavy atom. The Morgan fingerprint density at radius 2 is 2.13 bits per heavy atom. The highest BCUT2D eigenvalue weighted by molar-refractivity contribution is 8.00. The summed E-state index contributed by atoms with van der Waals surface area (Å²) >= 11 is 2.40. The summed E-state index contributed by atoms with van der Waals surface area (Å²) in [4.78, 5) is 59.4. The number of β-lactam (4-membered cyclic amide) rings is 1. The van der Waals surface area contributed by atoms with Crippen LogP contribution in [0.15, 0.2) is 58.6 Å². The highest BCUT2D eigenvalue weighted by Gasteiger charge is 2.54. The largest absolute Gasteiger partial charge is 0.477 e. The molecule has 2 aliphatic heterocycles. The van der Waals surface area contributed by atoms with E-state index in [4.69, 9.17) is 16.3 Å².